The summed E-state index contributed by atoms with van der Waals surface area (Å²) in [6.07, 6.45) is 3.27. The third kappa shape index (κ3) is 1.26. The fourth-order valence-electron chi connectivity index (χ4n) is 3.32. The Bertz CT molecular complexity index is 412. The molecular formula is C14H16O2. The van der Waals surface area contributed by atoms with Crippen LogP contribution in [0.1, 0.15) is 31.2 Å². The Hall–Kier alpha value is -1.15. The molecule has 2 nitrogen and oxygen atoms in total. The molecule has 3 rings (SSSR count). The maximum atomic E-state index is 11.7. The van der Waals surface area contributed by atoms with Gasteiger partial charge in [-0.1, -0.05) is 30.3 Å². The predicted octanol–water partition coefficient (Wildman–Crippen LogP) is 2.26. The second kappa shape index (κ2) is 3.42. The minimum atomic E-state index is -0.734. The van der Waals surface area contributed by atoms with Gasteiger partial charge in [0, 0.05) is 18.3 Å². The minimum absolute atomic E-state index is 0.124. The highest BCUT2D eigenvalue weighted by atomic mass is 16.3. The molecule has 0 saturated heterocycles. The lowest BCUT2D eigenvalue weighted by Gasteiger charge is -2.53. The number of aliphatic hydroxyl groups is 1. The van der Waals surface area contributed by atoms with Crippen molar-refractivity contribution in [3.05, 3.63) is 35.9 Å². The van der Waals surface area contributed by atoms with E-state index in [4.69, 9.17) is 0 Å². The molecule has 2 aliphatic carbocycles. The van der Waals surface area contributed by atoms with Gasteiger partial charge in [0.2, 0.25) is 0 Å². The molecular weight excluding hydrogens is 200 g/mol. The Morgan fingerprint density at radius 1 is 1.25 bits per heavy atom. The van der Waals surface area contributed by atoms with Crippen molar-refractivity contribution in [2.75, 3.05) is 0 Å². The number of hydrogen-bond acceptors (Lipinski definition) is 2. The number of ketones is 1. The van der Waals surface area contributed by atoms with Gasteiger partial charge >= 0.3 is 0 Å². The van der Waals surface area contributed by atoms with E-state index in [1.54, 1.807) is 0 Å². The van der Waals surface area contributed by atoms with Gasteiger partial charge in [-0.2, -0.15) is 0 Å². The molecule has 2 saturated carbocycles. The molecule has 84 valence electrons. The lowest BCUT2D eigenvalue weighted by Crippen LogP contribution is -2.55. The smallest absolute Gasteiger partial charge is 0.136 e. The zero-order chi connectivity index (χ0) is 11.2. The SMILES string of the molecule is O=C1CCCC2C1CC2(O)c1ccccc1. The van der Waals surface area contributed by atoms with Crippen molar-refractivity contribution in [3.8, 4) is 0 Å². The average Bonchev–Trinajstić information content (AvgIpc) is 2.31. The Morgan fingerprint density at radius 2 is 2.00 bits per heavy atom. The van der Waals surface area contributed by atoms with Crippen LogP contribution < -0.4 is 0 Å². The zero-order valence-electron chi connectivity index (χ0n) is 9.23. The van der Waals surface area contributed by atoms with E-state index in [9.17, 15) is 9.90 Å². The van der Waals surface area contributed by atoms with Gasteiger partial charge in [0.1, 0.15) is 5.78 Å². The molecule has 0 radical (unpaired) electrons. The monoisotopic (exact) mass is 216 g/mol. The van der Waals surface area contributed by atoms with Gasteiger partial charge in [0.15, 0.2) is 0 Å². The summed E-state index contributed by atoms with van der Waals surface area (Å²) in [7, 11) is 0. The summed E-state index contributed by atoms with van der Waals surface area (Å²) in [6, 6.07) is 9.79. The molecule has 2 aliphatic rings. The van der Waals surface area contributed by atoms with Crippen LogP contribution in [0.15, 0.2) is 30.3 Å². The van der Waals surface area contributed by atoms with Crippen LogP contribution in [0.2, 0.25) is 0 Å². The van der Waals surface area contributed by atoms with Crippen molar-refractivity contribution in [2.45, 2.75) is 31.3 Å². The Morgan fingerprint density at radius 3 is 2.75 bits per heavy atom. The van der Waals surface area contributed by atoms with Crippen molar-refractivity contribution in [2.24, 2.45) is 11.8 Å². The highest BCUT2D eigenvalue weighted by Crippen LogP contribution is 2.55. The molecule has 3 unspecified atom stereocenters. The van der Waals surface area contributed by atoms with Crippen molar-refractivity contribution in [1.29, 1.82) is 0 Å². The van der Waals surface area contributed by atoms with Gasteiger partial charge in [-0.3, -0.25) is 4.79 Å². The number of carbonyl (C=O) groups is 1. The maximum Gasteiger partial charge on any atom is 0.136 e. The molecule has 0 spiro atoms. The third-order valence-corrected chi connectivity index (χ3v) is 4.26. The van der Waals surface area contributed by atoms with Crippen LogP contribution in [-0.4, -0.2) is 10.9 Å². The summed E-state index contributed by atoms with van der Waals surface area (Å²) in [6.45, 7) is 0. The number of rotatable bonds is 1. The van der Waals surface area contributed by atoms with Gasteiger partial charge in [-0.05, 0) is 24.8 Å². The zero-order valence-corrected chi connectivity index (χ0v) is 9.23. The number of carbonyl (C=O) groups excluding carboxylic acids is 1. The Balaban J connectivity index is 1.89. The van der Waals surface area contributed by atoms with Crippen LogP contribution in [0.3, 0.4) is 0 Å². The van der Waals surface area contributed by atoms with Crippen molar-refractivity contribution < 1.29 is 9.90 Å². The van der Waals surface area contributed by atoms with Crippen LogP contribution in [0.5, 0.6) is 0 Å². The summed E-state index contributed by atoms with van der Waals surface area (Å²) in [5.74, 6) is 0.645. The molecule has 1 aromatic carbocycles. The second-order valence-corrected chi connectivity index (χ2v) is 5.07. The van der Waals surface area contributed by atoms with Crippen molar-refractivity contribution in [1.82, 2.24) is 0 Å². The van der Waals surface area contributed by atoms with E-state index in [0.29, 0.717) is 18.6 Å². The largest absolute Gasteiger partial charge is 0.385 e. The number of Topliss-reactive ketones (excluding diaryl/α,β-unsaturated/α-hetero) is 1. The first-order chi connectivity index (χ1) is 7.72. The van der Waals surface area contributed by atoms with E-state index >= 15 is 0 Å². The van der Waals surface area contributed by atoms with Gasteiger partial charge < -0.3 is 5.11 Å². The minimum Gasteiger partial charge on any atom is -0.385 e. The quantitative estimate of drug-likeness (QED) is 0.781. The summed E-state index contributed by atoms with van der Waals surface area (Å²) in [5, 5.41) is 10.6. The molecule has 0 heterocycles. The standard InChI is InChI=1S/C14H16O2/c15-13-8-4-7-12-11(13)9-14(12,16)10-5-2-1-3-6-10/h1-3,5-6,11-12,16H,4,7-9H2. The van der Waals surface area contributed by atoms with E-state index < -0.39 is 5.60 Å². The summed E-state index contributed by atoms with van der Waals surface area (Å²) < 4.78 is 0. The second-order valence-electron chi connectivity index (χ2n) is 5.07. The van der Waals surface area contributed by atoms with Gasteiger partial charge in [-0.15, -0.1) is 0 Å². The van der Waals surface area contributed by atoms with Crippen LogP contribution in [0, 0.1) is 11.8 Å². The normalized spacial score (nSPS) is 37.7. The Kier molecular flexibility index (Phi) is 2.15. The van der Waals surface area contributed by atoms with Crippen LogP contribution in [-0.2, 0) is 10.4 Å². The fourth-order valence-corrected chi connectivity index (χ4v) is 3.32. The number of benzene rings is 1. The molecule has 2 heteroatoms. The van der Waals surface area contributed by atoms with Gasteiger partial charge in [0.05, 0.1) is 5.60 Å². The van der Waals surface area contributed by atoms with E-state index in [0.717, 1.165) is 18.4 Å². The summed E-state index contributed by atoms with van der Waals surface area (Å²) >= 11 is 0. The molecule has 1 aromatic rings. The summed E-state index contributed by atoms with van der Waals surface area (Å²) in [5.41, 5.74) is 0.244. The number of hydrogen-bond donors (Lipinski definition) is 1. The van der Waals surface area contributed by atoms with Crippen molar-refractivity contribution >= 4 is 5.78 Å². The molecule has 0 amide bonds. The van der Waals surface area contributed by atoms with Gasteiger partial charge in [-0.25, -0.2) is 0 Å². The molecule has 0 bridgehead atoms. The highest BCUT2D eigenvalue weighted by Gasteiger charge is 2.56. The van der Waals surface area contributed by atoms with E-state index in [1.807, 2.05) is 30.3 Å². The maximum absolute atomic E-state index is 11.7. The summed E-state index contributed by atoms with van der Waals surface area (Å²) in [4.78, 5) is 11.7. The molecule has 3 atom stereocenters. The molecule has 16 heavy (non-hydrogen) atoms. The first-order valence-corrected chi connectivity index (χ1v) is 6.02. The lowest BCUT2D eigenvalue weighted by atomic mass is 9.53. The first kappa shape index (κ1) is 10.0. The van der Waals surface area contributed by atoms with Gasteiger partial charge in [0.25, 0.3) is 0 Å². The van der Waals surface area contributed by atoms with E-state index in [1.165, 1.54) is 0 Å². The molecule has 0 aromatic heterocycles. The Labute approximate surface area is 95.3 Å². The first-order valence-electron chi connectivity index (χ1n) is 6.02. The molecule has 1 N–H and O–H groups in total. The van der Waals surface area contributed by atoms with Crippen molar-refractivity contribution in [3.63, 3.8) is 0 Å². The van der Waals surface area contributed by atoms with Crippen LogP contribution >= 0.6 is 0 Å². The van der Waals surface area contributed by atoms with E-state index in [2.05, 4.69) is 0 Å². The fraction of sp³-hybridized carbons (Fsp3) is 0.500. The number of fused-ring (bicyclic) bond motifs is 1. The third-order valence-electron chi connectivity index (χ3n) is 4.26. The lowest BCUT2D eigenvalue weighted by molar-refractivity contribution is -0.174. The molecule has 2 fully saturated rings. The van der Waals surface area contributed by atoms with Crippen LogP contribution in [0.4, 0.5) is 0 Å². The highest BCUT2D eigenvalue weighted by molar-refractivity contribution is 5.83. The van der Waals surface area contributed by atoms with E-state index in [-0.39, 0.29) is 11.8 Å². The predicted molar refractivity (Wildman–Crippen MR) is 60.8 cm³/mol. The average molecular weight is 216 g/mol. The topological polar surface area (TPSA) is 37.3 Å². The molecule has 0 aliphatic heterocycles. The van der Waals surface area contributed by atoms with Crippen LogP contribution in [0.25, 0.3) is 0 Å².